The fourth-order valence-corrected chi connectivity index (χ4v) is 3.78. The van der Waals surface area contributed by atoms with Gasteiger partial charge >= 0.3 is 0 Å². The molecule has 0 unspecified atom stereocenters. The van der Waals surface area contributed by atoms with Gasteiger partial charge in [-0.05, 0) is 40.2 Å². The summed E-state index contributed by atoms with van der Waals surface area (Å²) in [5.74, 6) is 0.209. The van der Waals surface area contributed by atoms with E-state index in [-0.39, 0.29) is 30.7 Å². The van der Waals surface area contributed by atoms with Gasteiger partial charge in [0.2, 0.25) is 5.91 Å². The highest BCUT2D eigenvalue weighted by Gasteiger charge is 2.35. The lowest BCUT2D eigenvalue weighted by atomic mass is 10.1. The molecule has 0 radical (unpaired) electrons. The van der Waals surface area contributed by atoms with Crippen LogP contribution in [0.15, 0.2) is 47.1 Å². The second kappa shape index (κ2) is 7.71. The Morgan fingerprint density at radius 2 is 1.61 bits per heavy atom. The van der Waals surface area contributed by atoms with Crippen molar-refractivity contribution in [1.82, 2.24) is 14.8 Å². The smallest absolute Gasteiger partial charge is 0.261 e. The lowest BCUT2D eigenvalue weighted by Gasteiger charge is -2.35. The Labute approximate surface area is 171 Å². The van der Waals surface area contributed by atoms with E-state index in [1.165, 1.54) is 4.90 Å². The summed E-state index contributed by atoms with van der Waals surface area (Å²) < 4.78 is 0.929. The summed E-state index contributed by atoms with van der Waals surface area (Å²) >= 11 is 3.38. The zero-order chi connectivity index (χ0) is 19.7. The van der Waals surface area contributed by atoms with Gasteiger partial charge in [0.15, 0.2) is 0 Å². The zero-order valence-electron chi connectivity index (χ0n) is 15.2. The van der Waals surface area contributed by atoms with Crippen molar-refractivity contribution in [2.45, 2.75) is 6.42 Å². The number of aromatic nitrogens is 1. The van der Waals surface area contributed by atoms with Gasteiger partial charge < -0.3 is 9.80 Å². The van der Waals surface area contributed by atoms with Crippen molar-refractivity contribution in [2.75, 3.05) is 37.6 Å². The van der Waals surface area contributed by atoms with Gasteiger partial charge in [0.25, 0.3) is 11.8 Å². The number of amides is 3. The molecule has 3 amide bonds. The number of halogens is 1. The van der Waals surface area contributed by atoms with Crippen LogP contribution in [0.2, 0.25) is 0 Å². The van der Waals surface area contributed by atoms with Crippen LogP contribution in [0.1, 0.15) is 27.1 Å². The Balaban J connectivity index is 1.30. The number of imide groups is 1. The van der Waals surface area contributed by atoms with E-state index in [9.17, 15) is 14.4 Å². The first-order chi connectivity index (χ1) is 13.5. The molecule has 2 aliphatic rings. The van der Waals surface area contributed by atoms with Crippen molar-refractivity contribution in [1.29, 1.82) is 0 Å². The first-order valence-corrected chi connectivity index (χ1v) is 9.93. The van der Waals surface area contributed by atoms with Crippen molar-refractivity contribution in [3.8, 4) is 0 Å². The molecule has 7 nitrogen and oxygen atoms in total. The van der Waals surface area contributed by atoms with Gasteiger partial charge in [0.05, 0.1) is 11.1 Å². The largest absolute Gasteiger partial charge is 0.353 e. The number of carbonyl (C=O) groups excluding carboxylic acids is 3. The van der Waals surface area contributed by atoms with Gasteiger partial charge in [-0.25, -0.2) is 4.98 Å². The maximum atomic E-state index is 12.6. The standard InChI is InChI=1S/C20H19BrN4O3/c21-14-5-6-17(22-13-14)23-9-11-24(12-10-23)18(26)7-8-25-19(27)15-3-1-2-4-16(15)20(25)28/h1-6,13H,7-12H2. The molecule has 8 heteroatoms. The van der Waals surface area contributed by atoms with Crippen LogP contribution in [0.3, 0.4) is 0 Å². The molecule has 28 heavy (non-hydrogen) atoms. The van der Waals surface area contributed by atoms with Crippen molar-refractivity contribution in [3.05, 3.63) is 58.2 Å². The molecule has 1 aromatic carbocycles. The Morgan fingerprint density at radius 1 is 0.964 bits per heavy atom. The predicted molar refractivity (Wildman–Crippen MR) is 107 cm³/mol. The Morgan fingerprint density at radius 3 is 2.18 bits per heavy atom. The minimum Gasteiger partial charge on any atom is -0.353 e. The van der Waals surface area contributed by atoms with Crippen LogP contribution in [0, 0.1) is 0 Å². The maximum Gasteiger partial charge on any atom is 0.261 e. The molecular formula is C20H19BrN4O3. The second-order valence-electron chi connectivity index (χ2n) is 6.76. The lowest BCUT2D eigenvalue weighted by molar-refractivity contribution is -0.131. The van der Waals surface area contributed by atoms with E-state index in [4.69, 9.17) is 0 Å². The maximum absolute atomic E-state index is 12.6. The van der Waals surface area contributed by atoms with Crippen LogP contribution in [0.5, 0.6) is 0 Å². The minimum absolute atomic E-state index is 0.0417. The molecule has 0 aliphatic carbocycles. The number of hydrogen-bond donors (Lipinski definition) is 0. The highest BCUT2D eigenvalue weighted by Crippen LogP contribution is 2.23. The molecule has 0 bridgehead atoms. The summed E-state index contributed by atoms with van der Waals surface area (Å²) in [6.45, 7) is 2.71. The van der Waals surface area contributed by atoms with Gasteiger partial charge in [0, 0.05) is 49.8 Å². The van der Waals surface area contributed by atoms with Gasteiger partial charge in [-0.1, -0.05) is 12.1 Å². The molecule has 2 aliphatic heterocycles. The van der Waals surface area contributed by atoms with E-state index >= 15 is 0 Å². The average Bonchev–Trinajstić information content (AvgIpc) is 2.97. The highest BCUT2D eigenvalue weighted by atomic mass is 79.9. The number of fused-ring (bicyclic) bond motifs is 1. The third-order valence-electron chi connectivity index (χ3n) is 5.10. The molecule has 0 spiro atoms. The number of rotatable bonds is 4. The molecule has 1 fully saturated rings. The summed E-state index contributed by atoms with van der Waals surface area (Å²) in [6, 6.07) is 10.7. The van der Waals surface area contributed by atoms with Crippen molar-refractivity contribution in [2.24, 2.45) is 0 Å². The van der Waals surface area contributed by atoms with Crippen molar-refractivity contribution >= 4 is 39.5 Å². The number of pyridine rings is 1. The van der Waals surface area contributed by atoms with E-state index in [2.05, 4.69) is 25.8 Å². The Kier molecular flexibility index (Phi) is 5.13. The van der Waals surface area contributed by atoms with E-state index in [1.54, 1.807) is 35.4 Å². The molecule has 0 atom stereocenters. The molecule has 0 saturated carbocycles. The first-order valence-electron chi connectivity index (χ1n) is 9.14. The van der Waals surface area contributed by atoms with Crippen LogP contribution < -0.4 is 4.90 Å². The number of nitrogens with zero attached hydrogens (tertiary/aromatic N) is 4. The molecule has 3 heterocycles. The quantitative estimate of drug-likeness (QED) is 0.678. The van der Waals surface area contributed by atoms with Gasteiger partial charge in [-0.15, -0.1) is 0 Å². The van der Waals surface area contributed by atoms with Crippen LogP contribution in [-0.4, -0.2) is 65.2 Å². The fraction of sp³-hybridized carbons (Fsp3) is 0.300. The third kappa shape index (κ3) is 3.52. The second-order valence-corrected chi connectivity index (χ2v) is 7.68. The van der Waals surface area contributed by atoms with E-state index in [1.807, 2.05) is 12.1 Å². The summed E-state index contributed by atoms with van der Waals surface area (Å²) in [6.07, 6.45) is 1.90. The molecule has 0 N–H and O–H groups in total. The Hall–Kier alpha value is -2.74. The highest BCUT2D eigenvalue weighted by molar-refractivity contribution is 9.10. The molecule has 2 aromatic rings. The van der Waals surface area contributed by atoms with E-state index in [0.717, 1.165) is 10.3 Å². The SMILES string of the molecule is O=C(CCN1C(=O)c2ccccc2C1=O)N1CCN(c2ccc(Br)cn2)CC1. The molecule has 1 saturated heterocycles. The minimum atomic E-state index is -0.320. The fourth-order valence-electron chi connectivity index (χ4n) is 3.55. The lowest BCUT2D eigenvalue weighted by Crippen LogP contribution is -2.49. The molecular weight excluding hydrogens is 424 g/mol. The summed E-state index contributed by atoms with van der Waals surface area (Å²) in [5, 5.41) is 0. The Bertz CT molecular complexity index is 888. The monoisotopic (exact) mass is 442 g/mol. The van der Waals surface area contributed by atoms with Crippen LogP contribution in [0.25, 0.3) is 0 Å². The van der Waals surface area contributed by atoms with Gasteiger partial charge in [0.1, 0.15) is 5.82 Å². The van der Waals surface area contributed by atoms with E-state index in [0.29, 0.717) is 37.3 Å². The average molecular weight is 443 g/mol. The summed E-state index contributed by atoms with van der Waals surface area (Å²) in [7, 11) is 0. The van der Waals surface area contributed by atoms with Crippen LogP contribution >= 0.6 is 15.9 Å². The predicted octanol–water partition coefficient (Wildman–Crippen LogP) is 2.18. The molecule has 144 valence electrons. The first kappa shape index (κ1) is 18.6. The third-order valence-corrected chi connectivity index (χ3v) is 5.56. The van der Waals surface area contributed by atoms with Crippen molar-refractivity contribution < 1.29 is 14.4 Å². The number of piperazine rings is 1. The van der Waals surface area contributed by atoms with Gasteiger partial charge in [-0.3, -0.25) is 19.3 Å². The van der Waals surface area contributed by atoms with Crippen LogP contribution in [-0.2, 0) is 4.79 Å². The molecule has 4 rings (SSSR count). The number of hydrogen-bond acceptors (Lipinski definition) is 5. The van der Waals surface area contributed by atoms with Crippen LogP contribution in [0.4, 0.5) is 5.82 Å². The van der Waals surface area contributed by atoms with E-state index < -0.39 is 0 Å². The van der Waals surface area contributed by atoms with Crippen molar-refractivity contribution in [3.63, 3.8) is 0 Å². The topological polar surface area (TPSA) is 73.8 Å². The summed E-state index contributed by atoms with van der Waals surface area (Å²) in [4.78, 5) is 46.8. The number of anilines is 1. The number of carbonyl (C=O) groups is 3. The normalized spacial score (nSPS) is 16.5. The zero-order valence-corrected chi connectivity index (χ0v) is 16.8. The number of benzene rings is 1. The summed E-state index contributed by atoms with van der Waals surface area (Å²) in [5.41, 5.74) is 0.825. The van der Waals surface area contributed by atoms with Gasteiger partial charge in [-0.2, -0.15) is 0 Å². The molecule has 1 aromatic heterocycles.